The number of esters is 3. The quantitative estimate of drug-likeness (QED) is 0.0776. The van der Waals surface area contributed by atoms with Crippen molar-refractivity contribution in [2.75, 3.05) is 19.8 Å². The Morgan fingerprint density at radius 3 is 1.89 bits per heavy atom. The molecular formula is C48H61Cl6NO17. The monoisotopic (exact) mass is 1130 g/mol. The Balaban J connectivity index is 1.82. The summed E-state index contributed by atoms with van der Waals surface area (Å²) in [4.78, 5) is 99.3. The second kappa shape index (κ2) is 21.4. The number of hydrogen-bond acceptors (Lipinski definition) is 17. The molecule has 18 nitrogen and oxygen atoms in total. The number of Topliss-reactive ketones (excluding diaryl/α,β-unsaturated/α-hetero) is 1. The Hall–Kier alpha value is -3.33. The highest BCUT2D eigenvalue weighted by Gasteiger charge is 2.79. The Bertz CT molecular complexity index is 2310. The number of nitrogens with one attached hydrogen (secondary N) is 1. The van der Waals surface area contributed by atoms with Gasteiger partial charge in [-0.1, -0.05) is 143 Å². The number of aliphatic hydroxyl groups excluding tert-OH is 1. The minimum atomic E-state index is -2.62. The molecule has 11 atom stereocenters. The third kappa shape index (κ3) is 12.7. The zero-order chi connectivity index (χ0) is 54.5. The number of rotatable bonds is 12. The van der Waals surface area contributed by atoms with Gasteiger partial charge in [-0.25, -0.2) is 19.2 Å². The fraction of sp³-hybridized carbons (Fsp3) is 0.688. The molecule has 0 spiro atoms. The van der Waals surface area contributed by atoms with Crippen LogP contribution in [0.4, 0.5) is 9.59 Å². The van der Waals surface area contributed by atoms with Crippen molar-refractivity contribution < 1.29 is 81.7 Å². The number of alkyl halides is 6. The summed E-state index contributed by atoms with van der Waals surface area (Å²) in [5.74, 6) is -6.67. The van der Waals surface area contributed by atoms with Gasteiger partial charge < -0.3 is 53.4 Å². The van der Waals surface area contributed by atoms with Crippen LogP contribution in [0.1, 0.15) is 106 Å². The van der Waals surface area contributed by atoms with E-state index in [-0.39, 0.29) is 23.1 Å². The summed E-state index contributed by atoms with van der Waals surface area (Å²) in [5.41, 5.74) is -10.6. The number of ether oxygens (including phenoxy) is 8. The van der Waals surface area contributed by atoms with Crippen molar-refractivity contribution in [3.05, 3.63) is 47.0 Å². The smallest absolute Gasteiger partial charge is 0.456 e. The highest BCUT2D eigenvalue weighted by molar-refractivity contribution is 6.68. The predicted octanol–water partition coefficient (Wildman–Crippen LogP) is 8.02. The van der Waals surface area contributed by atoms with Crippen LogP contribution in [0.3, 0.4) is 0 Å². The standard InChI is InChI=1S/C48H61Cl6NO17/c1-23-26(68-38(61)31(58)34(42(6,7)8)55-29(57)19-41(3,4)5)18-46(64)36(71-37(60)25-15-13-12-14-16-25)33-44(11,35(59)32(30(23)43(46,9)10)70-40(63)67-22-48(52,53)54)27(69-39(62)66-21-47(49,50)51)17-28-45(33,20-65-28)72-24(2)56/h12-16,26-28,31-34,36,58,64H,17-22H2,1-11H3,(H,55,57)/t26-,27-,28+,31+,32+,33-,34+,36-,44+,45-,46+/m0/s1. The van der Waals surface area contributed by atoms with Crippen LogP contribution in [-0.4, -0.2) is 133 Å². The normalized spacial score (nSPS) is 30.0. The third-order valence-electron chi connectivity index (χ3n) is 13.8. The lowest BCUT2D eigenvalue weighted by molar-refractivity contribution is -0.346. The van der Waals surface area contributed by atoms with Gasteiger partial charge >= 0.3 is 30.2 Å². The molecule has 72 heavy (non-hydrogen) atoms. The Labute approximate surface area is 447 Å². The zero-order valence-corrected chi connectivity index (χ0v) is 46.1. The predicted molar refractivity (Wildman–Crippen MR) is 262 cm³/mol. The number of aliphatic hydroxyl groups is 2. The van der Waals surface area contributed by atoms with E-state index in [4.69, 9.17) is 108 Å². The molecule has 1 aromatic carbocycles. The van der Waals surface area contributed by atoms with Crippen LogP contribution >= 0.6 is 69.6 Å². The van der Waals surface area contributed by atoms with Crippen LogP contribution in [0.25, 0.3) is 0 Å². The third-order valence-corrected chi connectivity index (χ3v) is 14.4. The first kappa shape index (κ1) is 59.5. The van der Waals surface area contributed by atoms with E-state index in [9.17, 15) is 39.0 Å². The van der Waals surface area contributed by atoms with Crippen LogP contribution < -0.4 is 5.32 Å². The number of fused-ring (bicyclic) bond motifs is 5. The largest absolute Gasteiger partial charge is 0.509 e. The SMILES string of the molecule is CC(=O)O[C@@]12CO[C@@H]1C[C@H](OC(=O)OCC(Cl)(Cl)Cl)[C@@]1(C)C(=O)[C@H](OC(=O)OCC(Cl)(Cl)Cl)C3=C(C)[C@@H](OC(=O)[C@H](O)[C@@H](NC(=O)CC(C)(C)C)C(C)(C)C)C[C@@](O)([C@@H](OC(=O)c4ccccc4)[C@H]21)C3(C)C. The number of amides is 1. The van der Waals surface area contributed by atoms with E-state index in [1.807, 2.05) is 20.8 Å². The molecule has 3 N–H and O–H groups in total. The fourth-order valence-electron chi connectivity index (χ4n) is 10.4. The Morgan fingerprint density at radius 2 is 1.40 bits per heavy atom. The van der Waals surface area contributed by atoms with Gasteiger partial charge in [0.1, 0.15) is 43.2 Å². The molecule has 0 radical (unpaired) electrons. The maximum absolute atomic E-state index is 16.2. The number of carbonyl (C=O) groups is 7. The number of halogens is 6. The second-order valence-corrected chi connectivity index (χ2v) is 26.7. The average Bonchev–Trinajstić information content (AvgIpc) is 3.23. The van der Waals surface area contributed by atoms with Gasteiger partial charge in [-0.05, 0) is 48.0 Å². The summed E-state index contributed by atoms with van der Waals surface area (Å²) in [6.07, 6.45) is -15.1. The molecule has 24 heteroatoms. The maximum Gasteiger partial charge on any atom is 0.509 e. The molecule has 1 amide bonds. The van der Waals surface area contributed by atoms with E-state index in [0.717, 1.165) is 6.92 Å². The van der Waals surface area contributed by atoms with E-state index in [1.165, 1.54) is 52.0 Å². The maximum atomic E-state index is 16.2. The molecule has 402 valence electrons. The molecule has 1 aromatic rings. The zero-order valence-electron chi connectivity index (χ0n) is 41.5. The van der Waals surface area contributed by atoms with E-state index >= 15 is 4.79 Å². The van der Waals surface area contributed by atoms with Crippen molar-refractivity contribution in [2.24, 2.45) is 27.6 Å². The van der Waals surface area contributed by atoms with Gasteiger partial charge in [0.2, 0.25) is 13.5 Å². The summed E-state index contributed by atoms with van der Waals surface area (Å²) < 4.78 is 42.5. The lowest BCUT2D eigenvalue weighted by Crippen LogP contribution is -2.82. The van der Waals surface area contributed by atoms with Gasteiger partial charge in [0.25, 0.3) is 0 Å². The summed E-state index contributed by atoms with van der Waals surface area (Å²) >= 11 is 35.4. The summed E-state index contributed by atoms with van der Waals surface area (Å²) in [6.45, 7) is 15.0. The van der Waals surface area contributed by atoms with Crippen LogP contribution in [0.15, 0.2) is 41.5 Å². The van der Waals surface area contributed by atoms with Gasteiger partial charge in [-0.15, -0.1) is 0 Å². The van der Waals surface area contributed by atoms with Crippen molar-refractivity contribution in [2.45, 2.75) is 157 Å². The molecule has 0 unspecified atom stereocenters. The molecule has 4 aliphatic rings. The average molecular weight is 1140 g/mol. The van der Waals surface area contributed by atoms with Crippen molar-refractivity contribution in [3.8, 4) is 0 Å². The molecule has 2 bridgehead atoms. The molecule has 1 saturated heterocycles. The minimum Gasteiger partial charge on any atom is -0.456 e. The molecule has 1 aliphatic heterocycles. The Kier molecular flexibility index (Phi) is 17.7. The number of hydrogen-bond donors (Lipinski definition) is 3. The number of benzene rings is 1. The molecule has 3 aliphatic carbocycles. The lowest BCUT2D eigenvalue weighted by atomic mass is 9.44. The van der Waals surface area contributed by atoms with E-state index in [1.54, 1.807) is 26.8 Å². The summed E-state index contributed by atoms with van der Waals surface area (Å²) in [5, 5.41) is 28.6. The first-order chi connectivity index (χ1) is 32.8. The molecule has 2 saturated carbocycles. The van der Waals surface area contributed by atoms with Crippen LogP contribution in [0.5, 0.6) is 0 Å². The highest BCUT2D eigenvalue weighted by Crippen LogP contribution is 2.65. The van der Waals surface area contributed by atoms with Crippen LogP contribution in [-0.2, 0) is 57.1 Å². The van der Waals surface area contributed by atoms with Crippen molar-refractivity contribution >= 4 is 112 Å². The first-order valence-electron chi connectivity index (χ1n) is 22.8. The minimum absolute atomic E-state index is 0.00747. The Morgan fingerprint density at radius 1 is 0.847 bits per heavy atom. The van der Waals surface area contributed by atoms with Gasteiger partial charge in [-0.2, -0.15) is 0 Å². The second-order valence-electron chi connectivity index (χ2n) is 21.7. The topological polar surface area (TPSA) is 246 Å². The van der Waals surface area contributed by atoms with Crippen LogP contribution in [0, 0.1) is 27.6 Å². The van der Waals surface area contributed by atoms with Crippen LogP contribution in [0.2, 0.25) is 0 Å². The summed E-state index contributed by atoms with van der Waals surface area (Å²) in [7, 11) is 0. The summed E-state index contributed by atoms with van der Waals surface area (Å²) in [6, 6.07) is 6.29. The van der Waals surface area contributed by atoms with E-state index in [2.05, 4.69) is 5.32 Å². The van der Waals surface area contributed by atoms with Crippen molar-refractivity contribution in [3.63, 3.8) is 0 Å². The molecular weight excluding hydrogens is 1080 g/mol. The lowest BCUT2D eigenvalue weighted by Gasteiger charge is -2.67. The van der Waals surface area contributed by atoms with E-state index in [0.29, 0.717) is 0 Å². The van der Waals surface area contributed by atoms with Crippen molar-refractivity contribution in [1.82, 2.24) is 5.32 Å². The van der Waals surface area contributed by atoms with Gasteiger partial charge in [0, 0.05) is 31.6 Å². The number of carbonyl (C=O) groups excluding carboxylic acids is 7. The molecule has 0 aromatic heterocycles. The van der Waals surface area contributed by atoms with Gasteiger partial charge in [0.15, 0.2) is 23.6 Å². The molecule has 1 heterocycles. The first-order valence-corrected chi connectivity index (χ1v) is 25.1. The fourth-order valence-corrected chi connectivity index (χ4v) is 10.7. The molecule has 5 rings (SSSR count). The van der Waals surface area contributed by atoms with E-state index < -0.39 is 164 Å². The number of ketones is 1. The molecule has 3 fully saturated rings. The van der Waals surface area contributed by atoms with Crippen molar-refractivity contribution in [1.29, 1.82) is 0 Å². The highest BCUT2D eigenvalue weighted by atomic mass is 35.6. The van der Waals surface area contributed by atoms with Gasteiger partial charge in [-0.3, -0.25) is 14.4 Å². The van der Waals surface area contributed by atoms with Gasteiger partial charge in [0.05, 0.1) is 29.5 Å².